The molecule has 1 aromatic carbocycles. The average Bonchev–Trinajstić information content (AvgIpc) is 3.04. The third-order valence-corrected chi connectivity index (χ3v) is 4.15. The van der Waals surface area contributed by atoms with E-state index in [4.69, 9.17) is 20.8 Å². The van der Waals surface area contributed by atoms with Gasteiger partial charge in [0, 0.05) is 11.3 Å². The molecule has 134 valence electrons. The maximum atomic E-state index is 12.5. The van der Waals surface area contributed by atoms with Crippen LogP contribution in [0.25, 0.3) is 11.5 Å². The Morgan fingerprint density at radius 2 is 1.85 bits per heavy atom. The minimum absolute atomic E-state index is 0.116. The van der Waals surface area contributed by atoms with Crippen molar-refractivity contribution in [3.63, 3.8) is 0 Å². The zero-order valence-corrected chi connectivity index (χ0v) is 15.7. The highest BCUT2D eigenvalue weighted by Gasteiger charge is 2.23. The lowest BCUT2D eigenvalue weighted by molar-refractivity contribution is 0.0278. The minimum atomic E-state index is -0.717. The molecule has 0 fully saturated rings. The zero-order chi connectivity index (χ0) is 18.8. The second kappa shape index (κ2) is 7.25. The Morgan fingerprint density at radius 1 is 1.15 bits per heavy atom. The Morgan fingerprint density at radius 3 is 2.50 bits per heavy atom. The number of carbonyl (C=O) groups excluding carboxylic acids is 1. The molecule has 0 aliphatic rings. The fourth-order valence-corrected chi connectivity index (χ4v) is 2.88. The van der Waals surface area contributed by atoms with E-state index in [1.165, 1.54) is 0 Å². The quantitative estimate of drug-likeness (QED) is 0.491. The van der Waals surface area contributed by atoms with Crippen molar-refractivity contribution in [2.24, 2.45) is 0 Å². The first kappa shape index (κ1) is 18.1. The summed E-state index contributed by atoms with van der Waals surface area (Å²) in [5, 5.41) is 8.11. The van der Waals surface area contributed by atoms with E-state index in [-0.39, 0.29) is 16.6 Å². The monoisotopic (exact) mass is 371 g/mol. The van der Waals surface area contributed by atoms with Gasteiger partial charge in [0.2, 0.25) is 5.89 Å². The number of aryl methyl sites for hydroxylation is 3. The molecule has 6 nitrogen and oxygen atoms in total. The first-order chi connectivity index (χ1) is 12.3. The van der Waals surface area contributed by atoms with Crippen LogP contribution < -0.4 is 0 Å². The molecule has 0 amide bonds. The van der Waals surface area contributed by atoms with Crippen LogP contribution >= 0.6 is 11.6 Å². The molecule has 2 aromatic heterocycles. The van der Waals surface area contributed by atoms with Crippen LogP contribution in [0.2, 0.25) is 5.15 Å². The van der Waals surface area contributed by atoms with Crippen LogP contribution in [0.1, 0.15) is 46.1 Å². The normalized spacial score (nSPS) is 12.0. The van der Waals surface area contributed by atoms with E-state index in [0.29, 0.717) is 11.5 Å². The third kappa shape index (κ3) is 3.75. The largest absolute Gasteiger partial charge is 0.449 e. The first-order valence-electron chi connectivity index (χ1n) is 8.10. The molecule has 1 atom stereocenters. The van der Waals surface area contributed by atoms with Gasteiger partial charge in [-0.25, -0.2) is 9.78 Å². The number of pyridine rings is 1. The van der Waals surface area contributed by atoms with Crippen molar-refractivity contribution in [3.8, 4) is 11.5 Å². The number of benzene rings is 1. The van der Waals surface area contributed by atoms with Crippen molar-refractivity contribution in [2.75, 3.05) is 0 Å². The fourth-order valence-electron chi connectivity index (χ4n) is 2.52. The van der Waals surface area contributed by atoms with Crippen LogP contribution in [0, 0.1) is 20.8 Å². The smallest absolute Gasteiger partial charge is 0.342 e. The number of aromatic nitrogens is 3. The van der Waals surface area contributed by atoms with Crippen molar-refractivity contribution in [1.82, 2.24) is 15.2 Å². The fraction of sp³-hybridized carbons (Fsp3) is 0.263. The molecular formula is C19H18ClN3O3. The van der Waals surface area contributed by atoms with Gasteiger partial charge in [-0.05, 0) is 51.5 Å². The molecule has 2 heterocycles. The van der Waals surface area contributed by atoms with E-state index in [2.05, 4.69) is 15.2 Å². The number of carbonyl (C=O) groups is 1. The van der Waals surface area contributed by atoms with Crippen LogP contribution in [-0.4, -0.2) is 21.2 Å². The summed E-state index contributed by atoms with van der Waals surface area (Å²) in [6.45, 7) is 7.25. The van der Waals surface area contributed by atoms with Crippen LogP contribution in [0.15, 0.2) is 34.7 Å². The summed E-state index contributed by atoms with van der Waals surface area (Å²) >= 11 is 6.09. The van der Waals surface area contributed by atoms with Crippen molar-refractivity contribution < 1.29 is 13.9 Å². The van der Waals surface area contributed by atoms with Crippen molar-refractivity contribution in [2.45, 2.75) is 33.8 Å². The summed E-state index contributed by atoms with van der Waals surface area (Å²) in [6.07, 6.45) is -0.717. The van der Waals surface area contributed by atoms with E-state index in [9.17, 15) is 4.79 Å². The Kier molecular flexibility index (Phi) is 5.04. The van der Waals surface area contributed by atoms with Gasteiger partial charge in [-0.2, -0.15) is 0 Å². The molecule has 0 N–H and O–H groups in total. The molecule has 0 aliphatic heterocycles. The van der Waals surface area contributed by atoms with E-state index < -0.39 is 12.1 Å². The van der Waals surface area contributed by atoms with Gasteiger partial charge < -0.3 is 9.15 Å². The molecule has 0 aliphatic carbocycles. The summed E-state index contributed by atoms with van der Waals surface area (Å²) < 4.78 is 11.1. The van der Waals surface area contributed by atoms with Gasteiger partial charge >= 0.3 is 5.97 Å². The predicted octanol–water partition coefficient (Wildman–Crippen LogP) is 4.63. The maximum absolute atomic E-state index is 12.5. The number of ether oxygens (including phenoxy) is 1. The Balaban J connectivity index is 1.77. The number of esters is 1. The predicted molar refractivity (Wildman–Crippen MR) is 97.0 cm³/mol. The Hall–Kier alpha value is -2.73. The lowest BCUT2D eigenvalue weighted by atomic mass is 10.1. The Bertz CT molecular complexity index is 928. The molecular weight excluding hydrogens is 354 g/mol. The highest BCUT2D eigenvalue weighted by Crippen LogP contribution is 2.25. The molecule has 0 unspecified atom stereocenters. The molecule has 3 aromatic rings. The first-order valence-corrected chi connectivity index (χ1v) is 8.48. The van der Waals surface area contributed by atoms with Gasteiger partial charge in [0.25, 0.3) is 5.89 Å². The average molecular weight is 372 g/mol. The van der Waals surface area contributed by atoms with Gasteiger partial charge in [-0.3, -0.25) is 0 Å². The molecule has 0 saturated heterocycles. The third-order valence-electron chi connectivity index (χ3n) is 3.88. The van der Waals surface area contributed by atoms with E-state index in [0.717, 1.165) is 16.8 Å². The van der Waals surface area contributed by atoms with Crippen LogP contribution in [-0.2, 0) is 4.74 Å². The second-order valence-electron chi connectivity index (χ2n) is 6.11. The lowest BCUT2D eigenvalue weighted by Gasteiger charge is -2.12. The standard InChI is InChI=1S/C19H18ClN3O3/c1-10-5-7-14(8-6-10)18-23-22-17(26-18)13(4)25-19(24)15-11(2)9-12(3)21-16(15)20/h5-9,13H,1-4H3/t13-/m1/s1. The number of rotatable bonds is 4. The SMILES string of the molecule is Cc1ccc(-c2nnc([C@@H](C)OC(=O)c3c(C)cc(C)nc3Cl)o2)cc1. The Labute approximate surface area is 156 Å². The number of nitrogens with zero attached hydrogens (tertiary/aromatic N) is 3. The summed E-state index contributed by atoms with van der Waals surface area (Å²) in [5.41, 5.74) is 3.61. The molecule has 7 heteroatoms. The molecule has 3 rings (SSSR count). The van der Waals surface area contributed by atoms with Gasteiger partial charge in [0.1, 0.15) is 5.15 Å². The highest BCUT2D eigenvalue weighted by molar-refractivity contribution is 6.32. The molecule has 0 spiro atoms. The van der Waals surface area contributed by atoms with Crippen LogP contribution in [0.5, 0.6) is 0 Å². The molecule has 0 saturated carbocycles. The second-order valence-corrected chi connectivity index (χ2v) is 6.46. The van der Waals surface area contributed by atoms with E-state index in [1.807, 2.05) is 38.1 Å². The summed E-state index contributed by atoms with van der Waals surface area (Å²) in [4.78, 5) is 16.6. The van der Waals surface area contributed by atoms with Crippen molar-refractivity contribution in [3.05, 3.63) is 63.8 Å². The van der Waals surface area contributed by atoms with Crippen molar-refractivity contribution in [1.29, 1.82) is 0 Å². The molecule has 26 heavy (non-hydrogen) atoms. The van der Waals surface area contributed by atoms with Gasteiger partial charge in [-0.1, -0.05) is 29.3 Å². The zero-order valence-electron chi connectivity index (χ0n) is 14.9. The van der Waals surface area contributed by atoms with Gasteiger partial charge in [-0.15, -0.1) is 10.2 Å². The van der Waals surface area contributed by atoms with E-state index in [1.54, 1.807) is 19.9 Å². The minimum Gasteiger partial charge on any atom is -0.449 e. The number of hydrogen-bond donors (Lipinski definition) is 0. The number of halogens is 1. The summed E-state index contributed by atoms with van der Waals surface area (Å²) in [6, 6.07) is 9.47. The van der Waals surface area contributed by atoms with Crippen molar-refractivity contribution >= 4 is 17.6 Å². The number of hydrogen-bond acceptors (Lipinski definition) is 6. The summed E-state index contributed by atoms with van der Waals surface area (Å²) in [5.74, 6) is -0.000489. The van der Waals surface area contributed by atoms with Gasteiger partial charge in [0.05, 0.1) is 5.56 Å². The van der Waals surface area contributed by atoms with E-state index >= 15 is 0 Å². The summed E-state index contributed by atoms with van der Waals surface area (Å²) in [7, 11) is 0. The molecule has 0 bridgehead atoms. The maximum Gasteiger partial charge on any atom is 0.342 e. The van der Waals surface area contributed by atoms with Crippen LogP contribution in [0.4, 0.5) is 0 Å². The van der Waals surface area contributed by atoms with Crippen LogP contribution in [0.3, 0.4) is 0 Å². The lowest BCUT2D eigenvalue weighted by Crippen LogP contribution is -2.12. The topological polar surface area (TPSA) is 78.1 Å². The highest BCUT2D eigenvalue weighted by atomic mass is 35.5. The molecule has 0 radical (unpaired) electrons. The van der Waals surface area contributed by atoms with Gasteiger partial charge in [0.15, 0.2) is 6.10 Å².